The number of nitrogens with zero attached hydrogens (tertiary/aromatic N) is 2. The first kappa shape index (κ1) is 14.0. The molecule has 0 unspecified atom stereocenters. The number of nitrogens with two attached hydrogens (primary N) is 1. The van der Waals surface area contributed by atoms with E-state index in [0.29, 0.717) is 22.0 Å². The summed E-state index contributed by atoms with van der Waals surface area (Å²) < 4.78 is 2.16. The van der Waals surface area contributed by atoms with Gasteiger partial charge in [0.1, 0.15) is 0 Å². The Labute approximate surface area is 129 Å². The lowest BCUT2D eigenvalue weighted by Gasteiger charge is -2.23. The Morgan fingerprint density at radius 2 is 1.60 bits per heavy atom. The highest BCUT2D eigenvalue weighted by Crippen LogP contribution is 2.35. The smallest absolute Gasteiger partial charge is 0.201 e. The summed E-state index contributed by atoms with van der Waals surface area (Å²) in [6, 6.07) is 4.12. The van der Waals surface area contributed by atoms with Crippen molar-refractivity contribution in [3.05, 3.63) is 22.2 Å². The summed E-state index contributed by atoms with van der Waals surface area (Å²) in [7, 11) is 0. The van der Waals surface area contributed by atoms with Gasteiger partial charge in [0.25, 0.3) is 0 Å². The van der Waals surface area contributed by atoms with E-state index in [2.05, 4.69) is 9.55 Å². The first-order chi connectivity index (χ1) is 9.66. The van der Waals surface area contributed by atoms with E-state index in [0.717, 1.165) is 23.9 Å². The van der Waals surface area contributed by atoms with Crippen LogP contribution in [-0.4, -0.2) is 9.55 Å². The number of nitrogen functional groups attached to an aromatic ring is 1. The maximum atomic E-state index is 6.15. The van der Waals surface area contributed by atoms with Gasteiger partial charge in [-0.25, -0.2) is 4.98 Å². The average molecular weight is 312 g/mol. The molecule has 5 heteroatoms. The van der Waals surface area contributed by atoms with E-state index < -0.39 is 0 Å². The molecule has 1 fully saturated rings. The largest absolute Gasteiger partial charge is 0.369 e. The number of imidazole rings is 1. The van der Waals surface area contributed by atoms with Crippen molar-refractivity contribution >= 4 is 40.2 Å². The lowest BCUT2D eigenvalue weighted by Crippen LogP contribution is -2.13. The van der Waals surface area contributed by atoms with E-state index >= 15 is 0 Å². The van der Waals surface area contributed by atoms with Crippen LogP contribution in [0.25, 0.3) is 11.0 Å². The molecule has 0 bridgehead atoms. The Bertz CT molecular complexity index is 613. The predicted octanol–water partition coefficient (Wildman–Crippen LogP) is 5.21. The van der Waals surface area contributed by atoms with Crippen molar-refractivity contribution in [2.24, 2.45) is 0 Å². The van der Waals surface area contributed by atoms with E-state index in [9.17, 15) is 0 Å². The third-order valence-corrected chi connectivity index (χ3v) is 4.92. The van der Waals surface area contributed by atoms with Crippen molar-refractivity contribution in [3.8, 4) is 0 Å². The molecule has 0 radical (unpaired) electrons. The van der Waals surface area contributed by atoms with Gasteiger partial charge in [-0.05, 0) is 25.0 Å². The molecule has 20 heavy (non-hydrogen) atoms. The highest BCUT2D eigenvalue weighted by molar-refractivity contribution is 6.42. The SMILES string of the molecule is Nc1nc2cc(Cl)c(Cl)cc2n1C1CCCCCCC1. The van der Waals surface area contributed by atoms with Gasteiger partial charge in [0.05, 0.1) is 21.1 Å². The Morgan fingerprint density at radius 3 is 2.30 bits per heavy atom. The second kappa shape index (κ2) is 5.82. The molecule has 0 saturated heterocycles. The summed E-state index contributed by atoms with van der Waals surface area (Å²) in [5, 5.41) is 1.09. The van der Waals surface area contributed by atoms with E-state index in [4.69, 9.17) is 28.9 Å². The van der Waals surface area contributed by atoms with E-state index in [-0.39, 0.29) is 0 Å². The van der Waals surface area contributed by atoms with Crippen LogP contribution in [0.5, 0.6) is 0 Å². The lowest BCUT2D eigenvalue weighted by molar-refractivity contribution is 0.381. The topological polar surface area (TPSA) is 43.8 Å². The van der Waals surface area contributed by atoms with Crippen LogP contribution in [0.1, 0.15) is 51.0 Å². The fourth-order valence-electron chi connectivity index (χ4n) is 3.19. The molecule has 1 aromatic heterocycles. The third-order valence-electron chi connectivity index (χ3n) is 4.20. The first-order valence-electron chi connectivity index (χ1n) is 7.29. The Hall–Kier alpha value is -0.930. The molecule has 1 heterocycles. The minimum atomic E-state index is 0.428. The molecule has 0 amide bonds. The van der Waals surface area contributed by atoms with Crippen LogP contribution >= 0.6 is 23.2 Å². The molecule has 0 aliphatic heterocycles. The molecule has 1 aliphatic rings. The Kier molecular flexibility index (Phi) is 4.08. The molecule has 3 nitrogen and oxygen atoms in total. The van der Waals surface area contributed by atoms with E-state index in [1.54, 1.807) is 6.07 Å². The summed E-state index contributed by atoms with van der Waals surface area (Å²) >= 11 is 12.2. The first-order valence-corrected chi connectivity index (χ1v) is 8.05. The zero-order chi connectivity index (χ0) is 14.1. The number of rotatable bonds is 1. The van der Waals surface area contributed by atoms with Gasteiger partial charge in [0, 0.05) is 6.04 Å². The van der Waals surface area contributed by atoms with Crippen LogP contribution in [0.3, 0.4) is 0 Å². The maximum Gasteiger partial charge on any atom is 0.201 e. The van der Waals surface area contributed by atoms with Crippen LogP contribution in [0.2, 0.25) is 10.0 Å². The Balaban J connectivity index is 2.04. The molecule has 2 aromatic rings. The maximum absolute atomic E-state index is 6.15. The summed E-state index contributed by atoms with van der Waals surface area (Å²) in [5.74, 6) is 0.573. The molecule has 1 aromatic carbocycles. The Morgan fingerprint density at radius 1 is 1.00 bits per heavy atom. The quantitative estimate of drug-likeness (QED) is 0.785. The van der Waals surface area contributed by atoms with Gasteiger partial charge in [-0.15, -0.1) is 0 Å². The number of halogens is 2. The number of aromatic nitrogens is 2. The second-order valence-electron chi connectivity index (χ2n) is 5.59. The fourth-order valence-corrected chi connectivity index (χ4v) is 3.50. The summed E-state index contributed by atoms with van der Waals surface area (Å²) in [6.07, 6.45) is 8.82. The van der Waals surface area contributed by atoms with Crippen molar-refractivity contribution in [1.29, 1.82) is 0 Å². The van der Waals surface area contributed by atoms with Crippen LogP contribution < -0.4 is 5.73 Å². The molecule has 108 valence electrons. The fraction of sp³-hybridized carbons (Fsp3) is 0.533. The van der Waals surface area contributed by atoms with Crippen molar-refractivity contribution in [1.82, 2.24) is 9.55 Å². The van der Waals surface area contributed by atoms with Gasteiger partial charge in [0.2, 0.25) is 5.95 Å². The normalized spacial score (nSPS) is 18.1. The van der Waals surface area contributed by atoms with Gasteiger partial charge >= 0.3 is 0 Å². The van der Waals surface area contributed by atoms with Gasteiger partial charge in [0.15, 0.2) is 0 Å². The minimum Gasteiger partial charge on any atom is -0.369 e. The van der Waals surface area contributed by atoms with Crippen molar-refractivity contribution < 1.29 is 0 Å². The predicted molar refractivity (Wildman–Crippen MR) is 85.5 cm³/mol. The molecule has 3 rings (SSSR count). The molecule has 0 spiro atoms. The standard InChI is InChI=1S/C15H19Cl2N3/c16-11-8-13-14(9-12(11)17)20(15(18)19-13)10-6-4-2-1-3-5-7-10/h8-10H,1-7H2,(H2,18,19). The molecule has 1 aliphatic carbocycles. The van der Waals surface area contributed by atoms with Gasteiger partial charge in [-0.2, -0.15) is 0 Å². The van der Waals surface area contributed by atoms with Gasteiger partial charge in [-0.1, -0.05) is 55.3 Å². The van der Waals surface area contributed by atoms with Crippen LogP contribution in [0, 0.1) is 0 Å². The zero-order valence-electron chi connectivity index (χ0n) is 11.4. The summed E-state index contributed by atoms with van der Waals surface area (Å²) in [4.78, 5) is 4.44. The molecule has 0 atom stereocenters. The molecule has 2 N–H and O–H groups in total. The molecular weight excluding hydrogens is 293 g/mol. The van der Waals surface area contributed by atoms with E-state index in [1.807, 2.05) is 6.07 Å². The summed E-state index contributed by atoms with van der Waals surface area (Å²) in [5.41, 5.74) is 7.97. The van der Waals surface area contributed by atoms with Crippen LogP contribution in [0.15, 0.2) is 12.1 Å². The van der Waals surface area contributed by atoms with Crippen molar-refractivity contribution in [2.45, 2.75) is 51.0 Å². The highest BCUT2D eigenvalue weighted by Gasteiger charge is 2.19. The van der Waals surface area contributed by atoms with Crippen molar-refractivity contribution in [3.63, 3.8) is 0 Å². The minimum absolute atomic E-state index is 0.428. The summed E-state index contributed by atoms with van der Waals surface area (Å²) in [6.45, 7) is 0. The average Bonchev–Trinajstić information content (AvgIpc) is 2.66. The van der Waals surface area contributed by atoms with E-state index in [1.165, 1.54) is 32.1 Å². The number of hydrogen-bond acceptors (Lipinski definition) is 2. The monoisotopic (exact) mass is 311 g/mol. The molecule has 1 saturated carbocycles. The van der Waals surface area contributed by atoms with Gasteiger partial charge < -0.3 is 10.3 Å². The number of hydrogen-bond donors (Lipinski definition) is 1. The lowest BCUT2D eigenvalue weighted by atomic mass is 9.96. The number of fused-ring (bicyclic) bond motifs is 1. The second-order valence-corrected chi connectivity index (χ2v) is 6.41. The number of benzene rings is 1. The third kappa shape index (κ3) is 2.61. The van der Waals surface area contributed by atoms with Crippen LogP contribution in [0.4, 0.5) is 5.95 Å². The van der Waals surface area contributed by atoms with Crippen molar-refractivity contribution in [2.75, 3.05) is 5.73 Å². The molecular formula is C15H19Cl2N3. The number of anilines is 1. The van der Waals surface area contributed by atoms with Crippen LogP contribution in [-0.2, 0) is 0 Å². The highest BCUT2D eigenvalue weighted by atomic mass is 35.5. The van der Waals surface area contributed by atoms with Gasteiger partial charge in [-0.3, -0.25) is 0 Å². The zero-order valence-corrected chi connectivity index (χ0v) is 12.9.